The molecule has 0 amide bonds. The Morgan fingerprint density at radius 1 is 0.897 bits per heavy atom. The summed E-state index contributed by atoms with van der Waals surface area (Å²) in [6.45, 7) is 10.6. The van der Waals surface area contributed by atoms with Gasteiger partial charge in [-0.3, -0.25) is 4.79 Å². The van der Waals surface area contributed by atoms with Crippen LogP contribution in [0.2, 0.25) is 0 Å². The first kappa shape index (κ1) is 22.2. The molecule has 0 fully saturated rings. The van der Waals surface area contributed by atoms with E-state index in [9.17, 15) is 14.7 Å². The fraction of sp³-hybridized carbons (Fsp3) is 0.333. The zero-order valence-electron chi connectivity index (χ0n) is 18.0. The zero-order valence-corrected chi connectivity index (χ0v) is 18.0. The van der Waals surface area contributed by atoms with E-state index in [4.69, 9.17) is 9.47 Å². The van der Waals surface area contributed by atoms with E-state index >= 15 is 0 Å². The van der Waals surface area contributed by atoms with Gasteiger partial charge in [0.2, 0.25) is 0 Å². The molecular weight excluding hydrogens is 368 g/mol. The number of ketones is 1. The zero-order chi connectivity index (χ0) is 21.9. The van der Waals surface area contributed by atoms with E-state index in [0.717, 1.165) is 33.6 Å². The topological polar surface area (TPSA) is 72.8 Å². The molecule has 0 saturated carbocycles. The van der Waals surface area contributed by atoms with Crippen molar-refractivity contribution in [2.45, 2.75) is 47.1 Å². The van der Waals surface area contributed by atoms with Crippen molar-refractivity contribution in [3.8, 4) is 11.5 Å². The van der Waals surface area contributed by atoms with E-state index in [0.29, 0.717) is 11.3 Å². The van der Waals surface area contributed by atoms with Gasteiger partial charge in [0, 0.05) is 5.56 Å². The molecule has 0 aromatic heterocycles. The maximum Gasteiger partial charge on any atom is 0.347 e. The van der Waals surface area contributed by atoms with E-state index in [1.165, 1.54) is 19.9 Å². The van der Waals surface area contributed by atoms with Crippen LogP contribution in [-0.4, -0.2) is 29.6 Å². The third kappa shape index (κ3) is 5.05. The summed E-state index contributed by atoms with van der Waals surface area (Å²) >= 11 is 0. The molecule has 0 aliphatic carbocycles. The van der Waals surface area contributed by atoms with Crippen LogP contribution in [0.25, 0.3) is 6.08 Å². The number of carbonyl (C=O) groups is 2. The molecule has 2 rings (SSSR count). The van der Waals surface area contributed by atoms with Crippen molar-refractivity contribution in [2.24, 2.45) is 0 Å². The SMILES string of the molecule is COc1c(C)cc(C(=O)C=Cc2cc(C)c(OC(C)(C)C(=O)O)c(C)c2)cc1C. The fourth-order valence-corrected chi connectivity index (χ4v) is 3.22. The van der Waals surface area contributed by atoms with Crippen molar-refractivity contribution in [3.63, 3.8) is 0 Å². The average Bonchev–Trinajstić information content (AvgIpc) is 2.62. The fourth-order valence-electron chi connectivity index (χ4n) is 3.22. The average molecular weight is 396 g/mol. The van der Waals surface area contributed by atoms with Crippen LogP contribution in [0.3, 0.4) is 0 Å². The molecule has 0 spiro atoms. The maximum atomic E-state index is 12.6. The number of ether oxygens (including phenoxy) is 2. The number of aryl methyl sites for hydroxylation is 4. The van der Waals surface area contributed by atoms with Gasteiger partial charge in [-0.15, -0.1) is 0 Å². The summed E-state index contributed by atoms with van der Waals surface area (Å²) in [5, 5.41) is 9.28. The molecule has 5 heteroatoms. The highest BCUT2D eigenvalue weighted by Gasteiger charge is 2.30. The summed E-state index contributed by atoms with van der Waals surface area (Å²) in [7, 11) is 1.62. The molecule has 2 aromatic carbocycles. The number of allylic oxidation sites excluding steroid dienone is 1. The van der Waals surface area contributed by atoms with Crippen molar-refractivity contribution in [1.29, 1.82) is 0 Å². The van der Waals surface area contributed by atoms with Crippen molar-refractivity contribution >= 4 is 17.8 Å². The third-order valence-corrected chi connectivity index (χ3v) is 4.73. The van der Waals surface area contributed by atoms with Crippen LogP contribution in [0.4, 0.5) is 0 Å². The Morgan fingerprint density at radius 2 is 1.38 bits per heavy atom. The molecule has 0 saturated heterocycles. The lowest BCUT2D eigenvalue weighted by Gasteiger charge is -2.24. The highest BCUT2D eigenvalue weighted by molar-refractivity contribution is 6.07. The van der Waals surface area contributed by atoms with Gasteiger partial charge in [0.25, 0.3) is 0 Å². The smallest absolute Gasteiger partial charge is 0.347 e. The van der Waals surface area contributed by atoms with Gasteiger partial charge in [-0.1, -0.05) is 6.08 Å². The molecule has 0 aliphatic rings. The van der Waals surface area contributed by atoms with E-state index in [-0.39, 0.29) is 5.78 Å². The first-order valence-corrected chi connectivity index (χ1v) is 9.37. The van der Waals surface area contributed by atoms with Crippen LogP contribution in [0.1, 0.15) is 52.0 Å². The number of aliphatic carboxylic acids is 1. The molecular formula is C24H28O5. The number of rotatable bonds is 7. The summed E-state index contributed by atoms with van der Waals surface area (Å²) in [6.07, 6.45) is 3.29. The Hall–Kier alpha value is -3.08. The summed E-state index contributed by atoms with van der Waals surface area (Å²) in [6, 6.07) is 7.38. The second-order valence-electron chi connectivity index (χ2n) is 7.74. The molecule has 2 aromatic rings. The van der Waals surface area contributed by atoms with Crippen LogP contribution < -0.4 is 9.47 Å². The normalized spacial score (nSPS) is 11.6. The van der Waals surface area contributed by atoms with Crippen molar-refractivity contribution in [3.05, 3.63) is 63.7 Å². The molecule has 0 unspecified atom stereocenters. The van der Waals surface area contributed by atoms with Gasteiger partial charge in [0.05, 0.1) is 7.11 Å². The molecule has 154 valence electrons. The van der Waals surface area contributed by atoms with Gasteiger partial charge >= 0.3 is 5.97 Å². The number of hydrogen-bond donors (Lipinski definition) is 1. The molecule has 0 heterocycles. The van der Waals surface area contributed by atoms with Gasteiger partial charge in [0.15, 0.2) is 11.4 Å². The predicted octanol–water partition coefficient (Wildman–Crippen LogP) is 5.07. The molecule has 0 bridgehead atoms. The Kier molecular flexibility index (Phi) is 6.52. The Balaban J connectivity index is 2.27. The van der Waals surface area contributed by atoms with Crippen molar-refractivity contribution in [1.82, 2.24) is 0 Å². The number of carboxylic acid groups (broad SMARTS) is 1. The second kappa shape index (κ2) is 8.52. The Bertz CT molecular complexity index is 937. The highest BCUT2D eigenvalue weighted by Crippen LogP contribution is 2.29. The minimum Gasteiger partial charge on any atom is -0.496 e. The van der Waals surface area contributed by atoms with Crippen LogP contribution in [0.5, 0.6) is 11.5 Å². The van der Waals surface area contributed by atoms with Crippen molar-refractivity contribution < 1.29 is 24.2 Å². The van der Waals surface area contributed by atoms with Crippen LogP contribution in [0.15, 0.2) is 30.3 Å². The van der Waals surface area contributed by atoms with E-state index in [2.05, 4.69) is 0 Å². The minimum atomic E-state index is -1.33. The van der Waals surface area contributed by atoms with Gasteiger partial charge < -0.3 is 14.6 Å². The third-order valence-electron chi connectivity index (χ3n) is 4.73. The minimum absolute atomic E-state index is 0.0958. The maximum absolute atomic E-state index is 12.6. The summed E-state index contributed by atoms with van der Waals surface area (Å²) in [5.74, 6) is 0.205. The lowest BCUT2D eigenvalue weighted by atomic mass is 10.0. The second-order valence-corrected chi connectivity index (χ2v) is 7.74. The van der Waals surface area contributed by atoms with Crippen LogP contribution in [0, 0.1) is 27.7 Å². The summed E-state index contributed by atoms with van der Waals surface area (Å²) in [4.78, 5) is 23.9. The molecule has 0 radical (unpaired) electrons. The van der Waals surface area contributed by atoms with E-state index < -0.39 is 11.6 Å². The van der Waals surface area contributed by atoms with Gasteiger partial charge in [-0.2, -0.15) is 0 Å². The quantitative estimate of drug-likeness (QED) is 0.523. The molecule has 0 atom stereocenters. The number of hydrogen-bond acceptors (Lipinski definition) is 4. The Morgan fingerprint density at radius 3 is 1.83 bits per heavy atom. The predicted molar refractivity (Wildman–Crippen MR) is 114 cm³/mol. The van der Waals surface area contributed by atoms with E-state index in [1.807, 2.05) is 52.0 Å². The standard InChI is InChI=1S/C24H28O5/c1-14-10-18(11-15(2)22(14)29-24(5,6)23(26)27)8-9-20(25)19-12-16(3)21(28-7)17(4)13-19/h8-13H,1-7H3,(H,26,27). The molecule has 29 heavy (non-hydrogen) atoms. The molecule has 0 aliphatic heterocycles. The Labute approximate surface area is 172 Å². The number of benzene rings is 2. The van der Waals surface area contributed by atoms with Crippen molar-refractivity contribution in [2.75, 3.05) is 7.11 Å². The number of methoxy groups -OCH3 is 1. The monoisotopic (exact) mass is 396 g/mol. The molecule has 5 nitrogen and oxygen atoms in total. The van der Waals surface area contributed by atoms with E-state index in [1.54, 1.807) is 13.2 Å². The first-order valence-electron chi connectivity index (χ1n) is 9.37. The number of carboxylic acids is 1. The lowest BCUT2D eigenvalue weighted by Crippen LogP contribution is -2.38. The number of carbonyl (C=O) groups excluding carboxylic acids is 1. The summed E-state index contributed by atoms with van der Waals surface area (Å²) in [5.41, 5.74) is 3.57. The largest absolute Gasteiger partial charge is 0.496 e. The van der Waals surface area contributed by atoms with Gasteiger partial charge in [-0.25, -0.2) is 4.79 Å². The van der Waals surface area contributed by atoms with Gasteiger partial charge in [-0.05, 0) is 99.7 Å². The molecule has 1 N–H and O–H groups in total. The van der Waals surface area contributed by atoms with Gasteiger partial charge in [0.1, 0.15) is 11.5 Å². The van der Waals surface area contributed by atoms with Crippen LogP contribution in [-0.2, 0) is 4.79 Å². The van der Waals surface area contributed by atoms with Crippen LogP contribution >= 0.6 is 0 Å². The first-order chi connectivity index (χ1) is 13.5. The highest BCUT2D eigenvalue weighted by atomic mass is 16.5. The summed E-state index contributed by atoms with van der Waals surface area (Å²) < 4.78 is 11.1. The lowest BCUT2D eigenvalue weighted by molar-refractivity contribution is -0.152.